The number of carbonyl (C=O) groups is 1. The van der Waals surface area contributed by atoms with Crippen LogP contribution in [0.5, 0.6) is 0 Å². The summed E-state index contributed by atoms with van der Waals surface area (Å²) in [7, 11) is 0. The summed E-state index contributed by atoms with van der Waals surface area (Å²) in [4.78, 5) is 11.1. The summed E-state index contributed by atoms with van der Waals surface area (Å²) in [6.07, 6.45) is 6.62. The first-order valence-corrected chi connectivity index (χ1v) is 5.65. The van der Waals surface area contributed by atoms with Crippen molar-refractivity contribution in [2.75, 3.05) is 19.8 Å². The minimum Gasteiger partial charge on any atom is -0.463 e. The van der Waals surface area contributed by atoms with E-state index in [4.69, 9.17) is 9.47 Å². The van der Waals surface area contributed by atoms with Gasteiger partial charge in [0, 0.05) is 6.42 Å². The van der Waals surface area contributed by atoms with Gasteiger partial charge in [0.2, 0.25) is 0 Å². The highest BCUT2D eigenvalue weighted by Crippen LogP contribution is 2.03. The van der Waals surface area contributed by atoms with E-state index in [2.05, 4.69) is 13.5 Å². The number of unbranched alkanes of at least 4 members (excludes halogenated alkanes) is 3. The molecule has 0 spiro atoms. The highest BCUT2D eigenvalue weighted by Gasteiger charge is 2.01. The average molecular weight is 214 g/mol. The highest BCUT2D eigenvalue weighted by molar-refractivity contribution is 5.69. The molecule has 0 saturated carbocycles. The molecule has 0 aromatic carbocycles. The van der Waals surface area contributed by atoms with Crippen molar-refractivity contribution < 1.29 is 14.3 Å². The third kappa shape index (κ3) is 11.1. The molecular formula is C12H22O3. The number of esters is 1. The van der Waals surface area contributed by atoms with Crippen molar-refractivity contribution in [3.63, 3.8) is 0 Å². The predicted molar refractivity (Wildman–Crippen MR) is 60.7 cm³/mol. The number of carbonyl (C=O) groups excluding carboxylic acids is 1. The maximum atomic E-state index is 11.1. The Kier molecular flexibility index (Phi) is 10.6. The lowest BCUT2D eigenvalue weighted by Gasteiger charge is -2.04. The maximum Gasteiger partial charge on any atom is 0.305 e. The zero-order valence-electron chi connectivity index (χ0n) is 9.67. The monoisotopic (exact) mass is 214 g/mol. The van der Waals surface area contributed by atoms with Crippen molar-refractivity contribution in [1.29, 1.82) is 0 Å². The Morgan fingerprint density at radius 1 is 1.27 bits per heavy atom. The van der Waals surface area contributed by atoms with E-state index in [1.54, 1.807) is 6.08 Å². The molecule has 3 heteroatoms. The maximum absolute atomic E-state index is 11.1. The molecule has 3 nitrogen and oxygen atoms in total. The van der Waals surface area contributed by atoms with E-state index in [1.165, 1.54) is 12.8 Å². The molecule has 0 aliphatic heterocycles. The molecule has 0 saturated heterocycles. The van der Waals surface area contributed by atoms with Gasteiger partial charge in [-0.2, -0.15) is 0 Å². The third-order valence-corrected chi connectivity index (χ3v) is 1.96. The Morgan fingerprint density at radius 3 is 2.73 bits per heavy atom. The topological polar surface area (TPSA) is 35.5 Å². The molecule has 0 amide bonds. The molecule has 0 heterocycles. The molecule has 0 radical (unpaired) electrons. The summed E-state index contributed by atoms with van der Waals surface area (Å²) < 4.78 is 10.1. The first kappa shape index (κ1) is 14.2. The van der Waals surface area contributed by atoms with E-state index in [0.717, 1.165) is 12.8 Å². The van der Waals surface area contributed by atoms with Crippen molar-refractivity contribution in [1.82, 2.24) is 0 Å². The van der Waals surface area contributed by atoms with Gasteiger partial charge >= 0.3 is 5.97 Å². The second kappa shape index (κ2) is 11.2. The fourth-order valence-corrected chi connectivity index (χ4v) is 1.15. The van der Waals surface area contributed by atoms with E-state index < -0.39 is 0 Å². The van der Waals surface area contributed by atoms with Gasteiger partial charge in [0.15, 0.2) is 0 Å². The number of hydrogen-bond donors (Lipinski definition) is 0. The number of ether oxygens (including phenoxy) is 2. The molecule has 15 heavy (non-hydrogen) atoms. The predicted octanol–water partition coefficient (Wildman–Crippen LogP) is 2.70. The van der Waals surface area contributed by atoms with Gasteiger partial charge < -0.3 is 9.47 Å². The van der Waals surface area contributed by atoms with Gasteiger partial charge in [-0.05, 0) is 6.42 Å². The summed E-state index contributed by atoms with van der Waals surface area (Å²) in [5.41, 5.74) is 0. The van der Waals surface area contributed by atoms with Crippen LogP contribution in [-0.4, -0.2) is 25.8 Å². The molecule has 0 bridgehead atoms. The van der Waals surface area contributed by atoms with Crippen LogP contribution >= 0.6 is 0 Å². The summed E-state index contributed by atoms with van der Waals surface area (Å²) in [6, 6.07) is 0. The molecule has 0 rings (SSSR count). The van der Waals surface area contributed by atoms with Crippen LogP contribution in [0.25, 0.3) is 0 Å². The van der Waals surface area contributed by atoms with Gasteiger partial charge in [0.1, 0.15) is 6.61 Å². The molecule has 0 N–H and O–H groups in total. The SMILES string of the molecule is C=CCOCCOC(=O)CCCCCC. The lowest BCUT2D eigenvalue weighted by atomic mass is 10.2. The number of rotatable bonds is 10. The van der Waals surface area contributed by atoms with Crippen LogP contribution in [0.1, 0.15) is 39.0 Å². The zero-order valence-corrected chi connectivity index (χ0v) is 9.67. The van der Waals surface area contributed by atoms with Gasteiger partial charge in [-0.25, -0.2) is 0 Å². The minimum absolute atomic E-state index is 0.117. The quantitative estimate of drug-likeness (QED) is 0.318. The largest absolute Gasteiger partial charge is 0.463 e. The molecule has 0 fully saturated rings. The van der Waals surface area contributed by atoms with Crippen LogP contribution < -0.4 is 0 Å². The summed E-state index contributed by atoms with van der Waals surface area (Å²) in [5, 5.41) is 0. The van der Waals surface area contributed by atoms with Crippen molar-refractivity contribution in [2.24, 2.45) is 0 Å². The van der Waals surface area contributed by atoms with Crippen LogP contribution in [-0.2, 0) is 14.3 Å². The van der Waals surface area contributed by atoms with E-state index >= 15 is 0 Å². The van der Waals surface area contributed by atoms with E-state index in [9.17, 15) is 4.79 Å². The van der Waals surface area contributed by atoms with Crippen LogP contribution in [0.4, 0.5) is 0 Å². The van der Waals surface area contributed by atoms with Crippen LogP contribution in [0.3, 0.4) is 0 Å². The van der Waals surface area contributed by atoms with E-state index in [0.29, 0.717) is 26.2 Å². The summed E-state index contributed by atoms with van der Waals surface area (Å²) in [6.45, 7) is 6.97. The molecule has 0 unspecified atom stereocenters. The van der Waals surface area contributed by atoms with E-state index in [-0.39, 0.29) is 5.97 Å². The lowest BCUT2D eigenvalue weighted by Crippen LogP contribution is -2.10. The third-order valence-electron chi connectivity index (χ3n) is 1.96. The zero-order chi connectivity index (χ0) is 11.4. The van der Waals surface area contributed by atoms with Crippen LogP contribution in [0.15, 0.2) is 12.7 Å². The van der Waals surface area contributed by atoms with Crippen molar-refractivity contribution in [3.8, 4) is 0 Å². The Hall–Kier alpha value is -0.830. The fourth-order valence-electron chi connectivity index (χ4n) is 1.15. The molecular weight excluding hydrogens is 192 g/mol. The van der Waals surface area contributed by atoms with Gasteiger partial charge in [-0.3, -0.25) is 4.79 Å². The van der Waals surface area contributed by atoms with Crippen LogP contribution in [0.2, 0.25) is 0 Å². The summed E-state index contributed by atoms with van der Waals surface area (Å²) in [5.74, 6) is -0.117. The van der Waals surface area contributed by atoms with Crippen molar-refractivity contribution in [3.05, 3.63) is 12.7 Å². The Balaban J connectivity index is 3.15. The van der Waals surface area contributed by atoms with Crippen LogP contribution in [0, 0.1) is 0 Å². The van der Waals surface area contributed by atoms with Gasteiger partial charge in [-0.1, -0.05) is 32.3 Å². The average Bonchev–Trinajstić information content (AvgIpc) is 2.24. The fraction of sp³-hybridized carbons (Fsp3) is 0.750. The normalized spacial score (nSPS) is 9.93. The second-order valence-corrected chi connectivity index (χ2v) is 3.39. The first-order chi connectivity index (χ1) is 7.31. The van der Waals surface area contributed by atoms with Crippen molar-refractivity contribution in [2.45, 2.75) is 39.0 Å². The second-order valence-electron chi connectivity index (χ2n) is 3.39. The van der Waals surface area contributed by atoms with Gasteiger partial charge in [-0.15, -0.1) is 6.58 Å². The Morgan fingerprint density at radius 2 is 2.07 bits per heavy atom. The number of hydrogen-bond acceptors (Lipinski definition) is 3. The standard InChI is InChI=1S/C12H22O3/c1-3-5-6-7-8-12(13)15-11-10-14-9-4-2/h4H,2-3,5-11H2,1H3. The highest BCUT2D eigenvalue weighted by atomic mass is 16.6. The lowest BCUT2D eigenvalue weighted by molar-refractivity contribution is -0.145. The molecule has 0 aliphatic rings. The molecule has 0 aliphatic carbocycles. The van der Waals surface area contributed by atoms with Gasteiger partial charge in [0.05, 0.1) is 13.2 Å². The molecule has 0 aromatic heterocycles. The molecule has 88 valence electrons. The Labute approximate surface area is 92.5 Å². The Bertz CT molecular complexity index is 166. The molecule has 0 aromatic rings. The van der Waals surface area contributed by atoms with Gasteiger partial charge in [0.25, 0.3) is 0 Å². The van der Waals surface area contributed by atoms with E-state index in [1.807, 2.05) is 0 Å². The smallest absolute Gasteiger partial charge is 0.305 e. The first-order valence-electron chi connectivity index (χ1n) is 5.65. The molecule has 0 atom stereocenters. The minimum atomic E-state index is -0.117. The summed E-state index contributed by atoms with van der Waals surface area (Å²) >= 11 is 0. The van der Waals surface area contributed by atoms with Crippen molar-refractivity contribution >= 4 is 5.97 Å².